The number of fused-ring (bicyclic) bond motifs is 1. The molecule has 0 saturated carbocycles. The van der Waals surface area contributed by atoms with Gasteiger partial charge in [0.1, 0.15) is 10.8 Å². The lowest BCUT2D eigenvalue weighted by Gasteiger charge is -2.07. The quantitative estimate of drug-likeness (QED) is 0.326. The summed E-state index contributed by atoms with van der Waals surface area (Å²) in [7, 11) is 1.29. The van der Waals surface area contributed by atoms with Crippen molar-refractivity contribution < 1.29 is 23.9 Å². The second-order valence-electron chi connectivity index (χ2n) is 6.18. The van der Waals surface area contributed by atoms with E-state index in [9.17, 15) is 14.4 Å². The highest BCUT2D eigenvalue weighted by molar-refractivity contribution is 7.17. The van der Waals surface area contributed by atoms with E-state index in [0.717, 1.165) is 29.7 Å². The van der Waals surface area contributed by atoms with Crippen LogP contribution in [0.5, 0.6) is 5.75 Å². The fraction of sp³-hybridized carbons (Fsp3) is 0.300. The first-order chi connectivity index (χ1) is 14.0. The van der Waals surface area contributed by atoms with Crippen molar-refractivity contribution in [3.05, 3.63) is 45.8 Å². The maximum Gasteiger partial charge on any atom is 0.341 e. The maximum absolute atomic E-state index is 12.2. The standard InChI is InChI=1S/C20H21N3O5S/c1-3-28-14-9-5-4-7-12(14)11-21-23-18(25)17(24)22-19-16(20(26)27-2)13-8-6-10-15(13)29-19/h4-5,7,9,11H,3,6,8,10H2,1-2H3,(H,22,24)(H,23,25)/b21-11+. The largest absolute Gasteiger partial charge is 0.493 e. The normalized spacial score (nSPS) is 12.5. The molecule has 0 saturated heterocycles. The predicted molar refractivity (Wildman–Crippen MR) is 110 cm³/mol. The van der Waals surface area contributed by atoms with Crippen LogP contribution < -0.4 is 15.5 Å². The summed E-state index contributed by atoms with van der Waals surface area (Å²) in [6.07, 6.45) is 3.95. The number of methoxy groups -OCH3 is 1. The Labute approximate surface area is 171 Å². The fourth-order valence-electron chi connectivity index (χ4n) is 3.06. The zero-order valence-corrected chi connectivity index (χ0v) is 16.9. The molecule has 8 nitrogen and oxygen atoms in total. The SMILES string of the molecule is CCOc1ccccc1/C=N/NC(=O)C(=O)Nc1sc2c(c1C(=O)OC)CCC2. The van der Waals surface area contributed by atoms with E-state index in [1.807, 2.05) is 19.1 Å². The number of esters is 1. The van der Waals surface area contributed by atoms with Gasteiger partial charge in [0.25, 0.3) is 0 Å². The summed E-state index contributed by atoms with van der Waals surface area (Å²) in [5, 5.41) is 6.65. The molecule has 0 fully saturated rings. The minimum absolute atomic E-state index is 0.326. The summed E-state index contributed by atoms with van der Waals surface area (Å²) in [5.41, 5.74) is 4.07. The van der Waals surface area contributed by atoms with Gasteiger partial charge >= 0.3 is 17.8 Å². The van der Waals surface area contributed by atoms with Crippen LogP contribution in [-0.4, -0.2) is 37.7 Å². The summed E-state index contributed by atoms with van der Waals surface area (Å²) in [6.45, 7) is 2.36. The molecule has 9 heteroatoms. The molecule has 0 atom stereocenters. The Morgan fingerprint density at radius 1 is 1.21 bits per heavy atom. The molecule has 1 aliphatic carbocycles. The number of amides is 2. The Morgan fingerprint density at radius 2 is 2.00 bits per heavy atom. The number of para-hydroxylation sites is 1. The van der Waals surface area contributed by atoms with Crippen LogP contribution >= 0.6 is 11.3 Å². The number of carbonyl (C=O) groups excluding carboxylic acids is 3. The summed E-state index contributed by atoms with van der Waals surface area (Å²) in [6, 6.07) is 7.19. The molecular formula is C20H21N3O5S. The van der Waals surface area contributed by atoms with Gasteiger partial charge in [-0.05, 0) is 43.9 Å². The van der Waals surface area contributed by atoms with Crippen molar-refractivity contribution >= 4 is 40.3 Å². The van der Waals surface area contributed by atoms with Gasteiger partial charge in [-0.1, -0.05) is 12.1 Å². The Bertz CT molecular complexity index is 967. The van der Waals surface area contributed by atoms with E-state index in [1.165, 1.54) is 24.7 Å². The van der Waals surface area contributed by atoms with E-state index < -0.39 is 17.8 Å². The molecule has 0 radical (unpaired) electrons. The van der Waals surface area contributed by atoms with Gasteiger partial charge in [-0.3, -0.25) is 9.59 Å². The number of hydrogen-bond donors (Lipinski definition) is 2. The summed E-state index contributed by atoms with van der Waals surface area (Å²) >= 11 is 1.30. The zero-order valence-electron chi connectivity index (χ0n) is 16.1. The van der Waals surface area contributed by atoms with E-state index in [-0.39, 0.29) is 0 Å². The molecule has 1 aliphatic rings. The van der Waals surface area contributed by atoms with Gasteiger partial charge in [0.2, 0.25) is 0 Å². The number of ether oxygens (including phenoxy) is 2. The van der Waals surface area contributed by atoms with Gasteiger partial charge < -0.3 is 14.8 Å². The van der Waals surface area contributed by atoms with Gasteiger partial charge in [0.15, 0.2) is 0 Å². The molecule has 1 heterocycles. The first kappa shape index (κ1) is 20.5. The zero-order chi connectivity index (χ0) is 20.8. The third kappa shape index (κ3) is 4.62. The predicted octanol–water partition coefficient (Wildman–Crippen LogP) is 2.51. The summed E-state index contributed by atoms with van der Waals surface area (Å²) in [4.78, 5) is 37.5. The lowest BCUT2D eigenvalue weighted by Crippen LogP contribution is -2.32. The Balaban J connectivity index is 1.66. The molecule has 1 aromatic heterocycles. The molecule has 3 rings (SSSR count). The number of hydrogen-bond acceptors (Lipinski definition) is 7. The summed E-state index contributed by atoms with van der Waals surface area (Å²) in [5.74, 6) is -1.76. The van der Waals surface area contributed by atoms with Gasteiger partial charge in [-0.2, -0.15) is 5.10 Å². The van der Waals surface area contributed by atoms with E-state index in [4.69, 9.17) is 9.47 Å². The lowest BCUT2D eigenvalue weighted by molar-refractivity contribution is -0.136. The van der Waals surface area contributed by atoms with Gasteiger partial charge in [-0.25, -0.2) is 10.2 Å². The average molecular weight is 415 g/mol. The van der Waals surface area contributed by atoms with Crippen molar-refractivity contribution in [3.8, 4) is 5.75 Å². The van der Waals surface area contributed by atoms with Crippen molar-refractivity contribution in [1.29, 1.82) is 0 Å². The second-order valence-corrected chi connectivity index (χ2v) is 7.28. The molecule has 0 aliphatic heterocycles. The fourth-order valence-corrected chi connectivity index (χ4v) is 4.33. The Kier molecular flexibility index (Phi) is 6.61. The number of hydrazone groups is 1. The molecule has 2 aromatic rings. The molecule has 2 N–H and O–H groups in total. The molecule has 2 amide bonds. The van der Waals surface area contributed by atoms with Gasteiger partial charge in [0.05, 0.1) is 25.5 Å². The third-order valence-electron chi connectivity index (χ3n) is 4.33. The molecule has 29 heavy (non-hydrogen) atoms. The van der Waals surface area contributed by atoms with Crippen LogP contribution in [0.2, 0.25) is 0 Å². The van der Waals surface area contributed by atoms with Crippen molar-refractivity contribution in [1.82, 2.24) is 5.43 Å². The number of anilines is 1. The number of rotatable bonds is 6. The average Bonchev–Trinajstić information content (AvgIpc) is 3.29. The minimum atomic E-state index is -0.945. The molecular weight excluding hydrogens is 394 g/mol. The summed E-state index contributed by atoms with van der Waals surface area (Å²) < 4.78 is 10.3. The van der Waals surface area contributed by atoms with E-state index in [2.05, 4.69) is 15.8 Å². The van der Waals surface area contributed by atoms with Crippen molar-refractivity contribution in [3.63, 3.8) is 0 Å². The lowest BCUT2D eigenvalue weighted by atomic mass is 10.1. The van der Waals surface area contributed by atoms with Crippen LogP contribution in [0, 0.1) is 0 Å². The number of nitrogens with zero attached hydrogens (tertiary/aromatic N) is 1. The molecule has 0 spiro atoms. The first-order valence-corrected chi connectivity index (χ1v) is 9.95. The van der Waals surface area contributed by atoms with Gasteiger partial charge in [0, 0.05) is 10.4 Å². The highest BCUT2D eigenvalue weighted by Crippen LogP contribution is 2.39. The Morgan fingerprint density at radius 3 is 2.76 bits per heavy atom. The van der Waals surface area contributed by atoms with Crippen LogP contribution in [0.1, 0.15) is 39.7 Å². The second kappa shape index (κ2) is 9.33. The van der Waals surface area contributed by atoms with Crippen LogP contribution in [0.25, 0.3) is 0 Å². The van der Waals surface area contributed by atoms with Gasteiger partial charge in [-0.15, -0.1) is 11.3 Å². The van der Waals surface area contributed by atoms with Crippen LogP contribution in [-0.2, 0) is 27.2 Å². The molecule has 0 bridgehead atoms. The number of nitrogens with one attached hydrogen (secondary N) is 2. The highest BCUT2D eigenvalue weighted by Gasteiger charge is 2.29. The number of thiophene rings is 1. The first-order valence-electron chi connectivity index (χ1n) is 9.14. The van der Waals surface area contributed by atoms with Crippen molar-refractivity contribution in [2.24, 2.45) is 5.10 Å². The Hall–Kier alpha value is -3.20. The van der Waals surface area contributed by atoms with Crippen molar-refractivity contribution in [2.75, 3.05) is 19.0 Å². The molecule has 152 valence electrons. The third-order valence-corrected chi connectivity index (χ3v) is 5.54. The van der Waals surface area contributed by atoms with E-state index in [0.29, 0.717) is 28.5 Å². The van der Waals surface area contributed by atoms with E-state index >= 15 is 0 Å². The highest BCUT2D eigenvalue weighted by atomic mass is 32.1. The number of benzene rings is 1. The van der Waals surface area contributed by atoms with Crippen molar-refractivity contribution in [2.45, 2.75) is 26.2 Å². The minimum Gasteiger partial charge on any atom is -0.493 e. The van der Waals surface area contributed by atoms with Crippen LogP contribution in [0.4, 0.5) is 5.00 Å². The smallest absolute Gasteiger partial charge is 0.341 e. The van der Waals surface area contributed by atoms with Crippen LogP contribution in [0.15, 0.2) is 29.4 Å². The number of aryl methyl sites for hydroxylation is 1. The topological polar surface area (TPSA) is 106 Å². The molecule has 1 aromatic carbocycles. The molecule has 0 unspecified atom stereocenters. The van der Waals surface area contributed by atoms with E-state index in [1.54, 1.807) is 12.1 Å². The monoisotopic (exact) mass is 415 g/mol. The maximum atomic E-state index is 12.2. The van der Waals surface area contributed by atoms with Crippen LogP contribution in [0.3, 0.4) is 0 Å². The number of carbonyl (C=O) groups is 3.